The van der Waals surface area contributed by atoms with Gasteiger partial charge in [0.25, 0.3) is 5.88 Å². The monoisotopic (exact) mass is 554 g/mol. The molecule has 2 aromatic carbocycles. The Hall–Kier alpha value is -4.87. The molecule has 11 nitrogen and oxygen atoms in total. The maximum atomic E-state index is 13.6. The van der Waals surface area contributed by atoms with E-state index in [0.29, 0.717) is 23.6 Å². The minimum Gasteiger partial charge on any atom is -0.394 e. The fourth-order valence-electron chi connectivity index (χ4n) is 4.38. The number of aliphatic hydroxyl groups excluding tert-OH is 1. The summed E-state index contributed by atoms with van der Waals surface area (Å²) in [4.78, 5) is 40.0. The molecule has 1 aliphatic carbocycles. The number of hydrogen-bond acceptors (Lipinski definition) is 8. The Balaban J connectivity index is 1.44. The van der Waals surface area contributed by atoms with Crippen molar-refractivity contribution in [2.45, 2.75) is 26.0 Å². The number of rotatable bonds is 10. The third kappa shape index (κ3) is 6.83. The van der Waals surface area contributed by atoms with Gasteiger partial charge in [-0.1, -0.05) is 60.7 Å². The summed E-state index contributed by atoms with van der Waals surface area (Å²) in [6.07, 6.45) is 9.24. The molecule has 1 aliphatic rings. The van der Waals surface area contributed by atoms with Gasteiger partial charge in [-0.25, -0.2) is 14.7 Å². The van der Waals surface area contributed by atoms with Crippen LogP contribution >= 0.6 is 0 Å². The molecule has 41 heavy (non-hydrogen) atoms. The number of para-hydroxylation sites is 2. The number of anilines is 3. The lowest BCUT2D eigenvalue weighted by molar-refractivity contribution is -0.114. The Morgan fingerprint density at radius 1 is 1.07 bits per heavy atom. The van der Waals surface area contributed by atoms with Crippen LogP contribution in [0.3, 0.4) is 0 Å². The van der Waals surface area contributed by atoms with Crippen molar-refractivity contribution in [1.82, 2.24) is 19.5 Å². The highest BCUT2D eigenvalue weighted by Crippen LogP contribution is 2.29. The largest absolute Gasteiger partial charge is 0.425 e. The molecule has 0 bridgehead atoms. The third-order valence-electron chi connectivity index (χ3n) is 6.33. The zero-order chi connectivity index (χ0) is 28.6. The molecular weight excluding hydrogens is 524 g/mol. The molecule has 0 spiro atoms. The highest BCUT2D eigenvalue weighted by molar-refractivity contribution is 5.98. The maximum absolute atomic E-state index is 13.6. The number of amides is 2. The maximum Gasteiger partial charge on any atom is 0.425 e. The number of aromatic nitrogens is 4. The summed E-state index contributed by atoms with van der Waals surface area (Å²) in [5, 5.41) is 12.5. The molecule has 0 saturated heterocycles. The Bertz CT molecular complexity index is 1510. The first-order valence-corrected chi connectivity index (χ1v) is 13.2. The molecule has 4 aromatic rings. The van der Waals surface area contributed by atoms with Crippen LogP contribution in [0.5, 0.6) is 5.88 Å². The summed E-state index contributed by atoms with van der Waals surface area (Å²) in [5.74, 6) is -0.347. The van der Waals surface area contributed by atoms with E-state index in [2.05, 4.69) is 32.4 Å². The summed E-state index contributed by atoms with van der Waals surface area (Å²) in [7, 11) is 0. The number of ether oxygens (including phenoxy) is 2. The summed E-state index contributed by atoms with van der Waals surface area (Å²) < 4.78 is 13.5. The van der Waals surface area contributed by atoms with E-state index in [1.54, 1.807) is 28.8 Å². The van der Waals surface area contributed by atoms with Crippen molar-refractivity contribution in [1.29, 1.82) is 0 Å². The van der Waals surface area contributed by atoms with Gasteiger partial charge in [0.2, 0.25) is 11.9 Å². The zero-order valence-corrected chi connectivity index (χ0v) is 22.5. The number of nitrogens with zero attached hydrogens (tertiary/aromatic N) is 5. The quantitative estimate of drug-likeness (QED) is 0.290. The van der Waals surface area contributed by atoms with Gasteiger partial charge in [-0.3, -0.25) is 10.1 Å². The third-order valence-corrected chi connectivity index (χ3v) is 6.33. The number of carbonyl (C=O) groups is 2. The minimum absolute atomic E-state index is 0.0545. The lowest BCUT2D eigenvalue weighted by atomic mass is 10.0. The van der Waals surface area contributed by atoms with E-state index in [9.17, 15) is 14.7 Å². The highest BCUT2D eigenvalue weighted by Gasteiger charge is 2.25. The van der Waals surface area contributed by atoms with Gasteiger partial charge in [-0.15, -0.1) is 0 Å². The van der Waals surface area contributed by atoms with E-state index in [0.717, 1.165) is 6.42 Å². The van der Waals surface area contributed by atoms with Gasteiger partial charge >= 0.3 is 6.09 Å². The molecule has 0 saturated carbocycles. The Morgan fingerprint density at radius 2 is 1.78 bits per heavy atom. The van der Waals surface area contributed by atoms with Crippen molar-refractivity contribution < 1.29 is 24.2 Å². The summed E-state index contributed by atoms with van der Waals surface area (Å²) in [6, 6.07) is 18.1. The van der Waals surface area contributed by atoms with Crippen molar-refractivity contribution in [3.05, 3.63) is 91.3 Å². The van der Waals surface area contributed by atoms with Crippen molar-refractivity contribution in [3.8, 4) is 5.88 Å². The van der Waals surface area contributed by atoms with E-state index >= 15 is 0 Å². The molecule has 0 fully saturated rings. The average molecular weight is 555 g/mol. The van der Waals surface area contributed by atoms with Crippen LogP contribution in [0.1, 0.15) is 13.3 Å². The van der Waals surface area contributed by atoms with Gasteiger partial charge in [0.1, 0.15) is 0 Å². The normalized spacial score (nSPS) is 15.0. The van der Waals surface area contributed by atoms with Crippen LogP contribution in [0.25, 0.3) is 11.2 Å². The Kier molecular flexibility index (Phi) is 8.77. The smallest absolute Gasteiger partial charge is 0.394 e. The number of nitrogens with one attached hydrogen (secondary N) is 1. The van der Waals surface area contributed by atoms with Crippen LogP contribution in [0.15, 0.2) is 91.3 Å². The predicted octanol–water partition coefficient (Wildman–Crippen LogP) is 4.63. The number of imidazole rings is 1. The van der Waals surface area contributed by atoms with Gasteiger partial charge in [-0.2, -0.15) is 9.97 Å². The summed E-state index contributed by atoms with van der Waals surface area (Å²) in [5.41, 5.74) is 1.70. The molecular formula is C30H30N6O5. The van der Waals surface area contributed by atoms with Gasteiger partial charge in [-0.05, 0) is 30.7 Å². The molecule has 2 amide bonds. The van der Waals surface area contributed by atoms with Crippen LogP contribution in [-0.2, 0) is 16.1 Å². The van der Waals surface area contributed by atoms with Crippen molar-refractivity contribution in [2.24, 2.45) is 5.92 Å². The topological polar surface area (TPSA) is 132 Å². The molecule has 2 atom stereocenters. The second kappa shape index (κ2) is 13.0. The van der Waals surface area contributed by atoms with Crippen LogP contribution in [0.2, 0.25) is 0 Å². The number of fused-ring (bicyclic) bond motifs is 1. The van der Waals surface area contributed by atoms with Crippen LogP contribution in [-0.4, -0.2) is 55.9 Å². The number of allylic oxidation sites excluding steroid dienone is 3. The first-order valence-electron chi connectivity index (χ1n) is 13.2. The standard InChI is InChI=1S/C30H30N6O5/c1-21(38)32-29-33-27-26(31-20-35(27)17-25(18-37)40-19-22-11-5-2-6-12-22)28(34-29)41-30(39)36(23-13-7-3-8-14-23)24-15-9-4-10-16-24/h2-11,13-16,20,22,25,37H,12,17-19H2,1H3,(H,32,33,34,38). The molecule has 210 valence electrons. The second-order valence-electron chi connectivity index (χ2n) is 9.42. The van der Waals surface area contributed by atoms with Gasteiger partial charge in [0, 0.05) is 12.8 Å². The molecule has 2 aromatic heterocycles. The SMILES string of the molecule is CC(=O)Nc1nc(OC(=O)N(c2ccccc2)c2ccccc2)c2ncn(CC(CO)OCC3C=CC=CC3)c2n1. The van der Waals surface area contributed by atoms with E-state index in [-0.39, 0.29) is 36.4 Å². The fourth-order valence-corrected chi connectivity index (χ4v) is 4.38. The van der Waals surface area contributed by atoms with Crippen LogP contribution < -0.4 is 15.0 Å². The molecule has 11 heteroatoms. The summed E-state index contributed by atoms with van der Waals surface area (Å²) in [6.45, 7) is 1.78. The molecule has 2 unspecified atom stereocenters. The van der Waals surface area contributed by atoms with E-state index < -0.39 is 18.1 Å². The molecule has 2 heterocycles. The summed E-state index contributed by atoms with van der Waals surface area (Å²) >= 11 is 0. The van der Waals surface area contributed by atoms with Crippen molar-refractivity contribution in [3.63, 3.8) is 0 Å². The average Bonchev–Trinajstić information content (AvgIpc) is 3.39. The van der Waals surface area contributed by atoms with Crippen LogP contribution in [0.4, 0.5) is 22.1 Å². The number of hydrogen-bond donors (Lipinski definition) is 2. The molecule has 5 rings (SSSR count). The molecule has 2 N–H and O–H groups in total. The highest BCUT2D eigenvalue weighted by atomic mass is 16.6. The minimum atomic E-state index is -0.725. The van der Waals surface area contributed by atoms with E-state index in [1.165, 1.54) is 18.2 Å². The second-order valence-corrected chi connectivity index (χ2v) is 9.42. The first kappa shape index (κ1) is 27.7. The van der Waals surface area contributed by atoms with Gasteiger partial charge < -0.3 is 19.1 Å². The number of aliphatic hydroxyl groups is 1. The molecule has 0 radical (unpaired) electrons. The predicted molar refractivity (Wildman–Crippen MR) is 154 cm³/mol. The van der Waals surface area contributed by atoms with E-state index in [1.807, 2.05) is 48.6 Å². The molecule has 0 aliphatic heterocycles. The Morgan fingerprint density at radius 3 is 2.39 bits per heavy atom. The van der Waals surface area contributed by atoms with Crippen LogP contribution in [0, 0.1) is 5.92 Å². The fraction of sp³-hybridized carbons (Fsp3) is 0.233. The Labute approximate surface area is 236 Å². The van der Waals surface area contributed by atoms with E-state index in [4.69, 9.17) is 9.47 Å². The van der Waals surface area contributed by atoms with Crippen molar-refractivity contribution in [2.75, 3.05) is 23.4 Å². The number of carbonyl (C=O) groups excluding carboxylic acids is 2. The number of benzene rings is 2. The lowest BCUT2D eigenvalue weighted by Gasteiger charge is -2.22. The zero-order valence-electron chi connectivity index (χ0n) is 22.5. The lowest BCUT2D eigenvalue weighted by Crippen LogP contribution is -2.29. The first-order chi connectivity index (χ1) is 20.0. The van der Waals surface area contributed by atoms with Gasteiger partial charge in [0.15, 0.2) is 11.2 Å². The van der Waals surface area contributed by atoms with Gasteiger partial charge in [0.05, 0.1) is 43.6 Å². The van der Waals surface area contributed by atoms with Crippen molar-refractivity contribution >= 4 is 40.5 Å².